The molecular formula is C30H21N3O3. The Labute approximate surface area is 205 Å². The van der Waals surface area contributed by atoms with Gasteiger partial charge in [0.25, 0.3) is 17.4 Å². The molecule has 4 aromatic carbocycles. The minimum atomic E-state index is -0.363. The van der Waals surface area contributed by atoms with Gasteiger partial charge in [-0.15, -0.1) is 0 Å². The molecule has 0 bridgehead atoms. The number of aromatic nitrogens is 2. The molecule has 0 N–H and O–H groups in total. The second-order valence-corrected chi connectivity index (χ2v) is 9.21. The van der Waals surface area contributed by atoms with Gasteiger partial charge in [0.15, 0.2) is 0 Å². The smallest absolute Gasteiger partial charge is 0.266 e. The van der Waals surface area contributed by atoms with E-state index in [4.69, 9.17) is 4.98 Å². The molecule has 0 aliphatic carbocycles. The lowest BCUT2D eigenvalue weighted by molar-refractivity contribution is 0.0893. The van der Waals surface area contributed by atoms with Gasteiger partial charge in [-0.25, -0.2) is 9.88 Å². The Morgan fingerprint density at radius 1 is 0.694 bits per heavy atom. The van der Waals surface area contributed by atoms with Crippen LogP contribution in [0.4, 0.5) is 5.69 Å². The third kappa shape index (κ3) is 2.45. The minimum Gasteiger partial charge on any atom is -0.268 e. The molecule has 6 aromatic rings. The molecular weight excluding hydrogens is 450 g/mol. The van der Waals surface area contributed by atoms with E-state index in [0.29, 0.717) is 51.5 Å². The molecule has 1 aliphatic heterocycles. The number of benzene rings is 4. The van der Waals surface area contributed by atoms with Gasteiger partial charge >= 0.3 is 0 Å². The number of rotatable bonds is 3. The van der Waals surface area contributed by atoms with Crippen molar-refractivity contribution >= 4 is 55.7 Å². The van der Waals surface area contributed by atoms with Gasteiger partial charge < -0.3 is 0 Å². The van der Waals surface area contributed by atoms with Crippen LogP contribution in [0.2, 0.25) is 0 Å². The Morgan fingerprint density at radius 2 is 1.33 bits per heavy atom. The molecule has 0 radical (unpaired) electrons. The average Bonchev–Trinajstić information content (AvgIpc) is 3.30. The number of hydrogen-bond acceptors (Lipinski definition) is 4. The van der Waals surface area contributed by atoms with E-state index in [1.165, 1.54) is 4.90 Å². The molecule has 174 valence electrons. The molecule has 0 saturated heterocycles. The third-order valence-electron chi connectivity index (χ3n) is 7.45. The zero-order valence-corrected chi connectivity index (χ0v) is 19.8. The molecule has 6 nitrogen and oxygen atoms in total. The third-order valence-corrected chi connectivity index (χ3v) is 7.45. The molecule has 2 aromatic heterocycles. The number of fused-ring (bicyclic) bond motifs is 4. The van der Waals surface area contributed by atoms with Crippen molar-refractivity contribution in [1.82, 2.24) is 9.38 Å². The van der Waals surface area contributed by atoms with E-state index in [1.54, 1.807) is 22.6 Å². The standard InChI is InChI=1S/C30H21N3O3/c1-3-16-8-7-9-17(4-2)26(16)33-29(35)20-13-12-18-24-19(14-15-21(25(20)24)30(33)36)28(34)32-23-11-6-5-10-22(23)31-27(18)32/h5-15H,3-4H2,1-2H3. The lowest BCUT2D eigenvalue weighted by atomic mass is 9.89. The summed E-state index contributed by atoms with van der Waals surface area (Å²) in [5.74, 6) is -0.725. The highest BCUT2D eigenvalue weighted by Gasteiger charge is 2.37. The molecule has 0 atom stereocenters. The topological polar surface area (TPSA) is 71.8 Å². The van der Waals surface area contributed by atoms with Gasteiger partial charge in [0.05, 0.1) is 16.7 Å². The second-order valence-electron chi connectivity index (χ2n) is 9.21. The fraction of sp³-hybridized carbons (Fsp3) is 0.133. The van der Waals surface area contributed by atoms with Crippen molar-refractivity contribution in [2.75, 3.05) is 4.90 Å². The Balaban J connectivity index is 1.59. The molecule has 1 aliphatic rings. The molecule has 7 rings (SSSR count). The van der Waals surface area contributed by atoms with Gasteiger partial charge in [0.1, 0.15) is 5.65 Å². The number of amides is 2. The first-order valence-electron chi connectivity index (χ1n) is 12.2. The summed E-state index contributed by atoms with van der Waals surface area (Å²) in [5.41, 5.74) is 5.22. The fourth-order valence-corrected chi connectivity index (χ4v) is 5.79. The van der Waals surface area contributed by atoms with Crippen LogP contribution in [0.1, 0.15) is 45.7 Å². The summed E-state index contributed by atoms with van der Waals surface area (Å²) >= 11 is 0. The van der Waals surface area contributed by atoms with Gasteiger partial charge in [-0.1, -0.05) is 44.2 Å². The number of imidazole rings is 1. The van der Waals surface area contributed by atoms with Crippen LogP contribution in [0.15, 0.2) is 71.5 Å². The van der Waals surface area contributed by atoms with Crippen LogP contribution in [-0.4, -0.2) is 21.2 Å². The highest BCUT2D eigenvalue weighted by Crippen LogP contribution is 2.40. The molecule has 0 fully saturated rings. The number of para-hydroxylation sites is 3. The number of imide groups is 1. The van der Waals surface area contributed by atoms with Crippen molar-refractivity contribution < 1.29 is 9.59 Å². The van der Waals surface area contributed by atoms with E-state index >= 15 is 0 Å². The Bertz CT molecular complexity index is 1940. The number of carbonyl (C=O) groups excluding carboxylic acids is 2. The maximum atomic E-state index is 13.9. The molecule has 0 unspecified atom stereocenters. The molecule has 36 heavy (non-hydrogen) atoms. The summed E-state index contributed by atoms with van der Waals surface area (Å²) in [6, 6.07) is 20.4. The Hall–Kier alpha value is -4.58. The highest BCUT2D eigenvalue weighted by molar-refractivity contribution is 6.39. The van der Waals surface area contributed by atoms with E-state index in [0.717, 1.165) is 27.5 Å². The predicted molar refractivity (Wildman–Crippen MR) is 142 cm³/mol. The summed E-state index contributed by atoms with van der Waals surface area (Å²) < 4.78 is 1.62. The lowest BCUT2D eigenvalue weighted by Crippen LogP contribution is -2.41. The van der Waals surface area contributed by atoms with E-state index in [2.05, 4.69) is 0 Å². The van der Waals surface area contributed by atoms with Crippen LogP contribution in [0, 0.1) is 0 Å². The van der Waals surface area contributed by atoms with Crippen molar-refractivity contribution in [3.05, 3.63) is 99.3 Å². The molecule has 6 heteroatoms. The van der Waals surface area contributed by atoms with E-state index in [-0.39, 0.29) is 17.4 Å². The van der Waals surface area contributed by atoms with Crippen LogP contribution < -0.4 is 10.5 Å². The molecule has 3 heterocycles. The quantitative estimate of drug-likeness (QED) is 0.319. The van der Waals surface area contributed by atoms with Crippen molar-refractivity contribution in [3.63, 3.8) is 0 Å². The number of aryl methyl sites for hydroxylation is 2. The van der Waals surface area contributed by atoms with Crippen molar-refractivity contribution in [2.45, 2.75) is 26.7 Å². The molecule has 2 amide bonds. The normalized spacial score (nSPS) is 13.7. The maximum Gasteiger partial charge on any atom is 0.266 e. The van der Waals surface area contributed by atoms with Gasteiger partial charge in [0, 0.05) is 32.7 Å². The van der Waals surface area contributed by atoms with Crippen molar-refractivity contribution in [1.29, 1.82) is 0 Å². The minimum absolute atomic E-state index is 0.207. The summed E-state index contributed by atoms with van der Waals surface area (Å²) in [5, 5.41) is 2.38. The predicted octanol–water partition coefficient (Wildman–Crippen LogP) is 5.52. The number of hydrogen-bond donors (Lipinski definition) is 0. The van der Waals surface area contributed by atoms with E-state index in [9.17, 15) is 14.4 Å². The summed E-state index contributed by atoms with van der Waals surface area (Å²) in [6.45, 7) is 4.04. The van der Waals surface area contributed by atoms with Crippen LogP contribution in [0.5, 0.6) is 0 Å². The summed E-state index contributed by atoms with van der Waals surface area (Å²) in [6.07, 6.45) is 1.40. The summed E-state index contributed by atoms with van der Waals surface area (Å²) in [4.78, 5) is 47.6. The lowest BCUT2D eigenvalue weighted by Gasteiger charge is -2.30. The van der Waals surface area contributed by atoms with Crippen molar-refractivity contribution in [2.24, 2.45) is 0 Å². The van der Waals surface area contributed by atoms with Gasteiger partial charge in [-0.2, -0.15) is 0 Å². The van der Waals surface area contributed by atoms with E-state index < -0.39 is 0 Å². The largest absolute Gasteiger partial charge is 0.268 e. The zero-order chi connectivity index (χ0) is 24.7. The first-order chi connectivity index (χ1) is 17.5. The van der Waals surface area contributed by atoms with Gasteiger partial charge in [0.2, 0.25) is 0 Å². The molecule has 0 spiro atoms. The number of carbonyl (C=O) groups is 2. The number of nitrogens with zero attached hydrogens (tertiary/aromatic N) is 3. The van der Waals surface area contributed by atoms with Crippen LogP contribution in [0.3, 0.4) is 0 Å². The highest BCUT2D eigenvalue weighted by atomic mass is 16.2. The van der Waals surface area contributed by atoms with Crippen LogP contribution in [0.25, 0.3) is 38.2 Å². The Kier molecular flexibility index (Phi) is 4.16. The zero-order valence-electron chi connectivity index (χ0n) is 19.8. The van der Waals surface area contributed by atoms with Crippen LogP contribution >= 0.6 is 0 Å². The van der Waals surface area contributed by atoms with E-state index in [1.807, 2.05) is 62.4 Å². The summed E-state index contributed by atoms with van der Waals surface area (Å²) in [7, 11) is 0. The second kappa shape index (κ2) is 7.21. The monoisotopic (exact) mass is 471 g/mol. The first kappa shape index (κ1) is 20.8. The fourth-order valence-electron chi connectivity index (χ4n) is 5.79. The Morgan fingerprint density at radius 3 is 2.00 bits per heavy atom. The number of pyridine rings is 1. The first-order valence-corrected chi connectivity index (χ1v) is 12.2. The maximum absolute atomic E-state index is 13.9. The number of anilines is 1. The van der Waals surface area contributed by atoms with Gasteiger partial charge in [-0.05, 0) is 60.4 Å². The van der Waals surface area contributed by atoms with Crippen LogP contribution in [-0.2, 0) is 12.8 Å². The average molecular weight is 472 g/mol. The van der Waals surface area contributed by atoms with Crippen molar-refractivity contribution in [3.8, 4) is 0 Å². The van der Waals surface area contributed by atoms with Gasteiger partial charge in [-0.3, -0.25) is 18.8 Å². The molecule has 0 saturated carbocycles. The SMILES string of the molecule is CCc1cccc(CC)c1N1C(=O)c2ccc3c(=O)n4c5ccccc5nc4c4ccc(c2c34)C1=O.